The summed E-state index contributed by atoms with van der Waals surface area (Å²) in [5.74, 6) is 3.00. The Balaban J connectivity index is 1.44. The minimum atomic E-state index is -0.891. The minimum Gasteiger partial charge on any atom is -0.357 e. The third kappa shape index (κ3) is 6.42. The van der Waals surface area contributed by atoms with Crippen LogP contribution >= 0.6 is 0 Å². The lowest BCUT2D eigenvalue weighted by Gasteiger charge is -2.11. The fourth-order valence-corrected chi connectivity index (χ4v) is 4.39. The Morgan fingerprint density at radius 3 is 2.67 bits per heavy atom. The van der Waals surface area contributed by atoms with Crippen LogP contribution in [0.25, 0.3) is 11.0 Å². The van der Waals surface area contributed by atoms with Gasteiger partial charge in [0.2, 0.25) is 0 Å². The summed E-state index contributed by atoms with van der Waals surface area (Å²) < 4.78 is 14.5. The van der Waals surface area contributed by atoms with Gasteiger partial charge in [-0.1, -0.05) is 42.5 Å². The van der Waals surface area contributed by atoms with Crippen LogP contribution in [0.1, 0.15) is 24.7 Å². The van der Waals surface area contributed by atoms with Crippen LogP contribution in [0.5, 0.6) is 0 Å². The number of rotatable bonds is 10. The van der Waals surface area contributed by atoms with Crippen LogP contribution in [0.3, 0.4) is 0 Å². The van der Waals surface area contributed by atoms with E-state index >= 15 is 0 Å². The summed E-state index contributed by atoms with van der Waals surface area (Å²) in [5.41, 5.74) is 3.32. The molecule has 3 aromatic rings. The predicted molar refractivity (Wildman–Crippen MR) is 126 cm³/mol. The Hall–Kier alpha value is -2.67. The Bertz CT molecular complexity index is 984. The zero-order valence-electron chi connectivity index (χ0n) is 17.8. The van der Waals surface area contributed by atoms with E-state index in [9.17, 15) is 4.21 Å². The molecule has 0 aliphatic carbocycles. The number of guanidine groups is 1. The van der Waals surface area contributed by atoms with Crippen molar-refractivity contribution in [3.05, 3.63) is 66.0 Å². The number of nitrogens with one attached hydrogen (secondary N) is 2. The normalized spacial score (nSPS) is 12.8. The molecule has 160 valence electrons. The molecule has 30 heavy (non-hydrogen) atoms. The number of hydrogen-bond donors (Lipinski definition) is 2. The second-order valence-electron chi connectivity index (χ2n) is 7.11. The van der Waals surface area contributed by atoms with E-state index in [0.29, 0.717) is 24.6 Å². The first-order chi connectivity index (χ1) is 14.7. The van der Waals surface area contributed by atoms with Gasteiger partial charge in [-0.05, 0) is 38.0 Å². The third-order valence-corrected chi connectivity index (χ3v) is 6.11. The van der Waals surface area contributed by atoms with Gasteiger partial charge in [0.15, 0.2) is 5.96 Å². The largest absolute Gasteiger partial charge is 0.357 e. The van der Waals surface area contributed by atoms with Crippen molar-refractivity contribution in [3.63, 3.8) is 0 Å². The molecule has 1 aromatic heterocycles. The number of para-hydroxylation sites is 2. The van der Waals surface area contributed by atoms with Gasteiger partial charge in [-0.2, -0.15) is 0 Å². The van der Waals surface area contributed by atoms with E-state index in [2.05, 4.69) is 31.2 Å². The molecule has 3 rings (SSSR count). The second kappa shape index (κ2) is 11.5. The topological polar surface area (TPSA) is 71.3 Å². The van der Waals surface area contributed by atoms with Crippen LogP contribution in [-0.4, -0.2) is 45.1 Å². The Morgan fingerprint density at radius 1 is 1.10 bits per heavy atom. The van der Waals surface area contributed by atoms with Crippen molar-refractivity contribution in [3.8, 4) is 0 Å². The maximum atomic E-state index is 12.3. The molecule has 0 saturated heterocycles. The highest BCUT2D eigenvalue weighted by atomic mass is 32.2. The molecule has 2 aromatic carbocycles. The molecule has 1 unspecified atom stereocenters. The lowest BCUT2D eigenvalue weighted by atomic mass is 10.2. The molecule has 0 spiro atoms. The van der Waals surface area contributed by atoms with E-state index < -0.39 is 10.8 Å². The molecule has 0 fully saturated rings. The number of benzene rings is 2. The van der Waals surface area contributed by atoms with Crippen molar-refractivity contribution in [1.82, 2.24) is 20.2 Å². The number of aliphatic imine (C=N–C) groups is 1. The van der Waals surface area contributed by atoms with E-state index in [-0.39, 0.29) is 0 Å². The molecular weight excluding hydrogens is 394 g/mol. The number of aryl methyl sites for hydroxylation is 2. The average Bonchev–Trinajstić information content (AvgIpc) is 3.07. The molecule has 2 N–H and O–H groups in total. The summed E-state index contributed by atoms with van der Waals surface area (Å²) in [6, 6.07) is 18.2. The van der Waals surface area contributed by atoms with Gasteiger partial charge >= 0.3 is 0 Å². The van der Waals surface area contributed by atoms with E-state index in [0.717, 1.165) is 42.4 Å². The van der Waals surface area contributed by atoms with E-state index in [1.54, 1.807) is 0 Å². The van der Waals surface area contributed by atoms with Gasteiger partial charge in [-0.3, -0.25) is 9.20 Å². The quantitative estimate of drug-likeness (QED) is 0.297. The van der Waals surface area contributed by atoms with Crippen LogP contribution in [-0.2, 0) is 23.1 Å². The first-order valence-corrected chi connectivity index (χ1v) is 12.0. The van der Waals surface area contributed by atoms with Gasteiger partial charge in [0.25, 0.3) is 0 Å². The zero-order chi connectivity index (χ0) is 21.2. The van der Waals surface area contributed by atoms with Crippen molar-refractivity contribution in [2.75, 3.05) is 25.4 Å². The average molecular weight is 426 g/mol. The molecule has 0 aliphatic rings. The molecule has 0 saturated carbocycles. The van der Waals surface area contributed by atoms with E-state index in [4.69, 9.17) is 0 Å². The lowest BCUT2D eigenvalue weighted by molar-refractivity contribution is 0.646. The lowest BCUT2D eigenvalue weighted by Crippen LogP contribution is -2.39. The van der Waals surface area contributed by atoms with Gasteiger partial charge in [-0.15, -0.1) is 0 Å². The second-order valence-corrected chi connectivity index (χ2v) is 8.69. The van der Waals surface area contributed by atoms with Gasteiger partial charge in [0.1, 0.15) is 5.82 Å². The first kappa shape index (κ1) is 22.0. The van der Waals surface area contributed by atoms with Crippen molar-refractivity contribution >= 4 is 27.8 Å². The highest BCUT2D eigenvalue weighted by molar-refractivity contribution is 7.84. The molecular formula is C23H31N5OS. The smallest absolute Gasteiger partial charge is 0.191 e. The first-order valence-electron chi connectivity index (χ1n) is 10.5. The Kier molecular flexibility index (Phi) is 8.44. The fourth-order valence-electron chi connectivity index (χ4n) is 3.36. The van der Waals surface area contributed by atoms with E-state index in [1.165, 1.54) is 5.52 Å². The summed E-state index contributed by atoms with van der Waals surface area (Å²) in [5, 5.41) is 6.56. The molecule has 0 amide bonds. The molecule has 0 aliphatic heterocycles. The van der Waals surface area contributed by atoms with Crippen molar-refractivity contribution in [2.45, 2.75) is 32.6 Å². The number of nitrogens with zero attached hydrogens (tertiary/aromatic N) is 3. The maximum absolute atomic E-state index is 12.3. The summed E-state index contributed by atoms with van der Waals surface area (Å²) in [4.78, 5) is 9.28. The van der Waals surface area contributed by atoms with Gasteiger partial charge in [-0.25, -0.2) is 4.98 Å². The van der Waals surface area contributed by atoms with Crippen LogP contribution in [0.4, 0.5) is 0 Å². The maximum Gasteiger partial charge on any atom is 0.191 e. The van der Waals surface area contributed by atoms with Gasteiger partial charge < -0.3 is 15.2 Å². The Morgan fingerprint density at radius 2 is 1.87 bits per heavy atom. The molecule has 6 nitrogen and oxygen atoms in total. The van der Waals surface area contributed by atoms with Crippen molar-refractivity contribution in [2.24, 2.45) is 4.99 Å². The van der Waals surface area contributed by atoms with Crippen LogP contribution in [0.15, 0.2) is 59.6 Å². The van der Waals surface area contributed by atoms with Crippen molar-refractivity contribution in [1.29, 1.82) is 0 Å². The fraction of sp³-hybridized carbons (Fsp3) is 0.391. The van der Waals surface area contributed by atoms with Gasteiger partial charge in [0, 0.05) is 48.5 Å². The predicted octanol–water partition coefficient (Wildman–Crippen LogP) is 3.24. The van der Waals surface area contributed by atoms with Crippen LogP contribution < -0.4 is 10.6 Å². The minimum absolute atomic E-state index is 0.592. The summed E-state index contributed by atoms with van der Waals surface area (Å²) in [6.07, 6.45) is 0.928. The highest BCUT2D eigenvalue weighted by Gasteiger charge is 2.06. The van der Waals surface area contributed by atoms with Gasteiger partial charge in [0.05, 0.1) is 11.0 Å². The standard InChI is InChI=1S/C23H31N5OS/c1-3-24-23(26-15-17-30(29)18-20-10-5-4-6-11-20)25-14-9-16-28-19(2)27-21-12-7-8-13-22(21)28/h4-8,10-13H,3,9,14-18H2,1-2H3,(H2,24,25,26). The number of aromatic nitrogens is 2. The zero-order valence-corrected chi connectivity index (χ0v) is 18.6. The van der Waals surface area contributed by atoms with Crippen LogP contribution in [0, 0.1) is 6.92 Å². The third-order valence-electron chi connectivity index (χ3n) is 4.79. The summed E-state index contributed by atoms with van der Waals surface area (Å²) in [6.45, 7) is 7.13. The van der Waals surface area contributed by atoms with Crippen LogP contribution in [0.2, 0.25) is 0 Å². The summed E-state index contributed by atoms with van der Waals surface area (Å²) >= 11 is 0. The number of imidazole rings is 1. The monoisotopic (exact) mass is 425 g/mol. The molecule has 0 bridgehead atoms. The SMILES string of the molecule is CCNC(=NCCCn1c(C)nc2ccccc21)NCCS(=O)Cc1ccccc1. The van der Waals surface area contributed by atoms with E-state index in [1.807, 2.05) is 62.4 Å². The Labute approximate surface area is 181 Å². The molecule has 1 atom stereocenters. The number of fused-ring (bicyclic) bond motifs is 1. The molecule has 1 heterocycles. The number of hydrogen-bond acceptors (Lipinski definition) is 3. The highest BCUT2D eigenvalue weighted by Crippen LogP contribution is 2.15. The summed E-state index contributed by atoms with van der Waals surface area (Å²) in [7, 11) is -0.891. The van der Waals surface area contributed by atoms with Crippen molar-refractivity contribution < 1.29 is 4.21 Å². The molecule has 7 heteroatoms. The molecule has 0 radical (unpaired) electrons.